The minimum Gasteiger partial charge on any atom is -0.386 e. The first kappa shape index (κ1) is 17.4. The average Bonchev–Trinajstić information content (AvgIpc) is 2.94. The molecule has 0 spiro atoms. The molecule has 4 rings (SSSR count). The molecule has 0 fully saturated rings. The minimum atomic E-state index is -0.832. The highest BCUT2D eigenvalue weighted by atomic mass is 16.3. The van der Waals surface area contributed by atoms with Crippen molar-refractivity contribution in [3.8, 4) is 0 Å². The molecule has 4 aromatic rings. The van der Waals surface area contributed by atoms with Crippen molar-refractivity contribution in [2.75, 3.05) is 5.32 Å². The van der Waals surface area contributed by atoms with Crippen LogP contribution in [0, 0.1) is 6.92 Å². The van der Waals surface area contributed by atoms with E-state index in [2.05, 4.69) is 20.4 Å². The van der Waals surface area contributed by atoms with E-state index in [1.165, 1.54) is 0 Å². The van der Waals surface area contributed by atoms with Crippen LogP contribution >= 0.6 is 0 Å². The molecule has 2 heterocycles. The third kappa shape index (κ3) is 3.13. The number of hydrogen-bond donors (Lipinski definition) is 2. The molecule has 6 nitrogen and oxygen atoms in total. The van der Waals surface area contributed by atoms with Crippen molar-refractivity contribution < 1.29 is 5.11 Å². The second kappa shape index (κ2) is 6.32. The van der Waals surface area contributed by atoms with Gasteiger partial charge in [-0.1, -0.05) is 24.3 Å². The van der Waals surface area contributed by atoms with E-state index >= 15 is 0 Å². The summed E-state index contributed by atoms with van der Waals surface area (Å²) in [6.07, 6.45) is 1.59. The number of anilines is 1. The first-order valence-corrected chi connectivity index (χ1v) is 8.97. The molecule has 0 saturated carbocycles. The van der Waals surface area contributed by atoms with E-state index in [4.69, 9.17) is 0 Å². The van der Waals surface area contributed by atoms with Gasteiger partial charge in [0.15, 0.2) is 0 Å². The molecule has 0 amide bonds. The average molecular weight is 361 g/mol. The molecule has 0 radical (unpaired) electrons. The number of aromatic nitrogens is 4. The quantitative estimate of drug-likeness (QED) is 0.580. The highest BCUT2D eigenvalue weighted by molar-refractivity contribution is 6.08. The smallest absolute Gasteiger partial charge is 0.137 e. The fourth-order valence-electron chi connectivity index (χ4n) is 3.32. The first-order chi connectivity index (χ1) is 12.8. The van der Waals surface area contributed by atoms with Crippen LogP contribution in [0.15, 0.2) is 42.7 Å². The lowest BCUT2D eigenvalue weighted by Gasteiger charge is -2.18. The number of aryl methyl sites for hydroxylation is 2. The molecule has 6 heteroatoms. The van der Waals surface area contributed by atoms with E-state index in [0.29, 0.717) is 6.54 Å². The molecule has 0 aliphatic carbocycles. The fraction of sp³-hybridized carbons (Fsp3) is 0.286. The van der Waals surface area contributed by atoms with E-state index in [-0.39, 0.29) is 0 Å². The van der Waals surface area contributed by atoms with Gasteiger partial charge in [-0.05, 0) is 44.0 Å². The summed E-state index contributed by atoms with van der Waals surface area (Å²) in [4.78, 5) is 8.94. The van der Waals surface area contributed by atoms with Gasteiger partial charge in [0.1, 0.15) is 12.1 Å². The summed E-state index contributed by atoms with van der Waals surface area (Å²) in [6.45, 7) is 6.26. The van der Waals surface area contributed by atoms with Crippen LogP contribution < -0.4 is 5.32 Å². The number of aliphatic hydroxyl groups is 1. The Bertz CT molecular complexity index is 1120. The van der Waals surface area contributed by atoms with Gasteiger partial charge in [0.05, 0.1) is 16.6 Å². The lowest BCUT2D eigenvalue weighted by atomic mass is 9.97. The number of fused-ring (bicyclic) bond motifs is 3. The maximum atomic E-state index is 10.1. The fourth-order valence-corrected chi connectivity index (χ4v) is 3.32. The second-order valence-electron chi connectivity index (χ2n) is 7.40. The van der Waals surface area contributed by atoms with E-state index in [1.807, 2.05) is 55.1 Å². The molecule has 0 atom stereocenters. The van der Waals surface area contributed by atoms with Crippen molar-refractivity contribution in [2.24, 2.45) is 7.05 Å². The maximum Gasteiger partial charge on any atom is 0.137 e. The van der Waals surface area contributed by atoms with Gasteiger partial charge in [0, 0.05) is 30.1 Å². The summed E-state index contributed by atoms with van der Waals surface area (Å²) in [5.41, 5.74) is 4.12. The summed E-state index contributed by atoms with van der Waals surface area (Å²) in [5.74, 6) is 0.803. The Morgan fingerprint density at radius 1 is 1.07 bits per heavy atom. The molecule has 138 valence electrons. The van der Waals surface area contributed by atoms with E-state index < -0.39 is 5.60 Å². The molecule has 0 aliphatic heterocycles. The highest BCUT2D eigenvalue weighted by Crippen LogP contribution is 2.29. The van der Waals surface area contributed by atoms with Crippen molar-refractivity contribution in [2.45, 2.75) is 32.9 Å². The van der Waals surface area contributed by atoms with Gasteiger partial charge in [-0.2, -0.15) is 5.10 Å². The van der Waals surface area contributed by atoms with Crippen LogP contribution in [0.3, 0.4) is 0 Å². The van der Waals surface area contributed by atoms with Crippen molar-refractivity contribution in [1.29, 1.82) is 0 Å². The van der Waals surface area contributed by atoms with Crippen LogP contribution in [0.2, 0.25) is 0 Å². The predicted molar refractivity (Wildman–Crippen MR) is 108 cm³/mol. The maximum absolute atomic E-state index is 10.1. The third-order valence-electron chi connectivity index (χ3n) is 5.01. The van der Waals surface area contributed by atoms with Gasteiger partial charge in [-0.15, -0.1) is 0 Å². The van der Waals surface area contributed by atoms with Crippen LogP contribution in [0.1, 0.15) is 30.7 Å². The number of nitrogens with one attached hydrogen (secondary N) is 1. The Labute approximate surface area is 157 Å². The topological polar surface area (TPSA) is 75.9 Å². The summed E-state index contributed by atoms with van der Waals surface area (Å²) in [5, 5.41) is 20.1. The van der Waals surface area contributed by atoms with Gasteiger partial charge in [0.2, 0.25) is 0 Å². The molecule has 0 bridgehead atoms. The zero-order valence-electron chi connectivity index (χ0n) is 16.0. The van der Waals surface area contributed by atoms with Gasteiger partial charge in [0.25, 0.3) is 0 Å². The van der Waals surface area contributed by atoms with Gasteiger partial charge in [-0.25, -0.2) is 9.97 Å². The van der Waals surface area contributed by atoms with Gasteiger partial charge < -0.3 is 10.4 Å². The Morgan fingerprint density at radius 2 is 1.81 bits per heavy atom. The van der Waals surface area contributed by atoms with E-state index in [1.54, 1.807) is 20.2 Å². The lowest BCUT2D eigenvalue weighted by Crippen LogP contribution is -2.15. The summed E-state index contributed by atoms with van der Waals surface area (Å²) < 4.78 is 1.88. The van der Waals surface area contributed by atoms with Crippen molar-refractivity contribution in [3.63, 3.8) is 0 Å². The Kier molecular flexibility index (Phi) is 4.08. The Hall–Kier alpha value is -2.99. The van der Waals surface area contributed by atoms with Gasteiger partial charge in [-0.3, -0.25) is 4.68 Å². The molecular formula is C21H23N5O. The minimum absolute atomic E-state index is 0.641. The zero-order valence-corrected chi connectivity index (χ0v) is 16.0. The largest absolute Gasteiger partial charge is 0.386 e. The summed E-state index contributed by atoms with van der Waals surface area (Å²) >= 11 is 0. The zero-order chi connectivity index (χ0) is 19.2. The van der Waals surface area contributed by atoms with Crippen LogP contribution in [-0.2, 0) is 19.2 Å². The molecule has 0 aliphatic rings. The molecule has 2 aromatic carbocycles. The first-order valence-electron chi connectivity index (χ1n) is 8.97. The van der Waals surface area contributed by atoms with Crippen LogP contribution in [0.25, 0.3) is 21.8 Å². The SMILES string of the molecule is Cc1c2c(ccc3c(NCc4ccc(C(C)(C)O)cc4)ncnc32)nn1C. The second-order valence-corrected chi connectivity index (χ2v) is 7.40. The molecule has 0 unspecified atom stereocenters. The summed E-state index contributed by atoms with van der Waals surface area (Å²) in [6, 6.07) is 12.0. The molecule has 2 aromatic heterocycles. The molecular weight excluding hydrogens is 338 g/mol. The van der Waals surface area contributed by atoms with Crippen LogP contribution in [0.5, 0.6) is 0 Å². The number of hydrogen-bond acceptors (Lipinski definition) is 5. The van der Waals surface area contributed by atoms with Crippen molar-refractivity contribution in [1.82, 2.24) is 19.7 Å². The normalized spacial score (nSPS) is 12.0. The van der Waals surface area contributed by atoms with Gasteiger partial charge >= 0.3 is 0 Å². The molecule has 0 saturated heterocycles. The van der Waals surface area contributed by atoms with Crippen molar-refractivity contribution >= 4 is 27.6 Å². The highest BCUT2D eigenvalue weighted by Gasteiger charge is 2.15. The Balaban J connectivity index is 1.65. The van der Waals surface area contributed by atoms with E-state index in [9.17, 15) is 5.11 Å². The molecule has 2 N–H and O–H groups in total. The predicted octanol–water partition coefficient (Wildman–Crippen LogP) is 3.66. The third-order valence-corrected chi connectivity index (χ3v) is 5.01. The Morgan fingerprint density at radius 3 is 2.52 bits per heavy atom. The lowest BCUT2D eigenvalue weighted by molar-refractivity contribution is 0.0786. The standard InChI is InChI=1S/C21H23N5O/c1-13-18-17(25-26(13)4)10-9-16-19(18)23-12-24-20(16)22-11-14-5-7-15(8-6-14)21(2,3)27/h5-10,12,27H,11H2,1-4H3,(H,22,23,24). The van der Waals surface area contributed by atoms with E-state index in [0.717, 1.165) is 44.4 Å². The van der Waals surface area contributed by atoms with Crippen LogP contribution in [0.4, 0.5) is 5.82 Å². The van der Waals surface area contributed by atoms with Crippen LogP contribution in [-0.4, -0.2) is 24.9 Å². The molecule has 27 heavy (non-hydrogen) atoms. The number of nitrogens with zero attached hydrogens (tertiary/aromatic N) is 4. The van der Waals surface area contributed by atoms with Crippen molar-refractivity contribution in [3.05, 3.63) is 59.5 Å². The summed E-state index contributed by atoms with van der Waals surface area (Å²) in [7, 11) is 1.94. The monoisotopic (exact) mass is 361 g/mol. The number of benzene rings is 2. The number of rotatable bonds is 4.